The van der Waals surface area contributed by atoms with Gasteiger partial charge in [0.15, 0.2) is 17.5 Å². The number of carbonyl (C=O) groups is 8. The number of benzene rings is 5. The smallest absolute Gasteiger partial charge is 0.310 e. The Morgan fingerprint density at radius 3 is 0.954 bits per heavy atom. The van der Waals surface area contributed by atoms with E-state index in [9.17, 15) is 43.5 Å². The summed E-state index contributed by atoms with van der Waals surface area (Å²) in [6.45, 7) is 22.7. The number of rotatable bonds is 27. The molecule has 11 aromatic rings. The van der Waals surface area contributed by atoms with Crippen LogP contribution in [0.25, 0.3) is 0 Å². The molecule has 31 heteroatoms. The largest absolute Gasteiger partial charge is 0.508 e. The van der Waals surface area contributed by atoms with Crippen LogP contribution in [-0.2, 0) is 89.5 Å². The number of phenols is 1. The minimum absolute atomic E-state index is 0.0153. The lowest BCUT2D eigenvalue weighted by Gasteiger charge is -2.22. The number of hydrogen-bond acceptors (Lipinski definition) is 26. The molecule has 0 saturated heterocycles. The fourth-order valence-corrected chi connectivity index (χ4v) is 14.6. The topological polar surface area (TPSA) is 379 Å². The van der Waals surface area contributed by atoms with Crippen LogP contribution in [0.2, 0.25) is 0 Å². The molecule has 0 aliphatic carbocycles. The second-order valence-electron chi connectivity index (χ2n) is 30.5. The number of aromatic nitrogens is 6. The summed E-state index contributed by atoms with van der Waals surface area (Å²) in [5, 5.41) is 35.9. The van der Waals surface area contributed by atoms with Crippen molar-refractivity contribution in [3.05, 3.63) is 272 Å². The number of carboxylic acid groups (broad SMARTS) is 2. The van der Waals surface area contributed by atoms with Gasteiger partial charge in [-0.3, -0.25) is 38.4 Å². The fraction of sp³-hybridized carbons (Fsp3) is 0.320. The summed E-state index contributed by atoms with van der Waals surface area (Å²) >= 11 is 0. The van der Waals surface area contributed by atoms with Gasteiger partial charge in [-0.15, -0.1) is 0 Å². The molecule has 131 heavy (non-hydrogen) atoms. The Hall–Kier alpha value is -14.9. The van der Waals surface area contributed by atoms with Crippen molar-refractivity contribution in [3.63, 3.8) is 0 Å². The SMILES string of the molecule is CCN1c2ncc(CCO)cc2C(=O)N(C)c2cccnc21.CCN1c2ncc(CCOc3ccc(CC(=O)O)cc3C)cc2C(=O)N(C)c2cccnc21.CCN1c2ncc(CCOc3ccc(CC(=O)OC)cc3C)cc2C(=O)N(C)c2cccnc21.CCOC(=O)Cc1ccc(O)c(C)c1.CCOC(=O)Cc1ccc(OC)c(C)c1.COc1ccc(CC(=O)O)cc1C. The molecule has 688 valence electrons. The van der Waals surface area contributed by atoms with Crippen molar-refractivity contribution in [1.82, 2.24) is 29.9 Å². The molecule has 0 bridgehead atoms. The van der Waals surface area contributed by atoms with E-state index in [1.165, 1.54) is 7.11 Å². The van der Waals surface area contributed by atoms with Gasteiger partial charge in [-0.25, -0.2) is 29.9 Å². The number of carboxylic acids is 2. The highest BCUT2D eigenvalue weighted by Crippen LogP contribution is 2.41. The number of aliphatic hydroxyl groups excluding tert-OH is 1. The molecule has 0 spiro atoms. The zero-order valence-corrected chi connectivity index (χ0v) is 76.9. The van der Waals surface area contributed by atoms with Crippen LogP contribution in [0.4, 0.5) is 52.0 Å². The minimum atomic E-state index is -0.862. The Labute approximate surface area is 763 Å². The zero-order valence-electron chi connectivity index (χ0n) is 76.9. The average molecular weight is 1790 g/mol. The van der Waals surface area contributed by atoms with Crippen molar-refractivity contribution in [2.45, 2.75) is 121 Å². The lowest BCUT2D eigenvalue weighted by atomic mass is 10.1. The second kappa shape index (κ2) is 48.3. The Kier molecular flexibility index (Phi) is 36.9. The Balaban J connectivity index is 0.000000185. The van der Waals surface area contributed by atoms with E-state index in [4.69, 9.17) is 48.5 Å². The standard InChI is InChI=1S/C26H28N4O4.C25H26N4O4.C16H18N4O2.C12H16O3.C11H14O3.C10H12O3/c1-5-30-24-20(26(32)29(3)21-7-6-11-27-25(21)30)14-19(16-28-24)10-12-34-22-9-8-18(13-17(22)2)15-23(31)33-4;1-4-29-23-19(25(32)28(3)20-6-5-10-26-24(20)29)13-18(15-27-23)9-11-33-21-8-7-17(12-16(21)2)14-22(30)31;1-3-20-14-12(9-11(6-8-21)10-18-14)16(22)19(2)13-5-4-7-17-15(13)20;1-4-15-12(13)8-10-5-6-11(14-3)9(2)7-10;1-3-14-11(13)7-9-4-5-10(12)8(2)6-9;1-7-5-8(6-10(11)12)3-4-9(7)13-2/h6-9,11,13-14,16H,5,10,12,15H2,1-4H3;5-8,10,12-13,15H,4,9,11,14H2,1-3H3,(H,30,31);4-5,7,9-10,21H,3,6,8H2,1-2H3;5-7H,4,8H2,1-3H3;4-6,12H,3,7H2,1-2H3;3-5H,6H2,1-2H3,(H,11,12). The minimum Gasteiger partial charge on any atom is -0.508 e. The Morgan fingerprint density at radius 1 is 0.359 bits per heavy atom. The first kappa shape index (κ1) is 99.9. The number of aromatic hydroxyl groups is 1. The summed E-state index contributed by atoms with van der Waals surface area (Å²) < 4.78 is 36.5. The third kappa shape index (κ3) is 26.6. The van der Waals surface area contributed by atoms with Crippen LogP contribution in [-0.4, -0.2) is 193 Å². The molecule has 0 fully saturated rings. The fourth-order valence-electron chi connectivity index (χ4n) is 14.6. The molecule has 6 aromatic heterocycles. The molecule has 3 aliphatic heterocycles. The van der Waals surface area contributed by atoms with E-state index in [-0.39, 0.29) is 73.7 Å². The number of esters is 3. The highest BCUT2D eigenvalue weighted by molar-refractivity contribution is 6.14. The van der Waals surface area contributed by atoms with Crippen LogP contribution in [0.3, 0.4) is 0 Å². The monoisotopic (exact) mass is 1790 g/mol. The number of aryl methyl sites for hydroxylation is 5. The number of pyridine rings is 6. The van der Waals surface area contributed by atoms with Gasteiger partial charge in [0.25, 0.3) is 17.7 Å². The number of aliphatic hydroxyl groups is 1. The van der Waals surface area contributed by atoms with Crippen molar-refractivity contribution >= 4 is 99.5 Å². The van der Waals surface area contributed by atoms with Crippen LogP contribution < -0.4 is 48.3 Å². The maximum absolute atomic E-state index is 13.3. The first-order chi connectivity index (χ1) is 62.9. The van der Waals surface area contributed by atoms with Crippen molar-refractivity contribution in [2.24, 2.45) is 0 Å². The molecule has 0 atom stereocenters. The third-order valence-corrected chi connectivity index (χ3v) is 21.2. The van der Waals surface area contributed by atoms with Gasteiger partial charge in [-0.2, -0.15) is 0 Å². The Morgan fingerprint density at radius 2 is 0.664 bits per heavy atom. The molecule has 9 heterocycles. The number of aliphatic carboxylic acids is 2. The van der Waals surface area contributed by atoms with Gasteiger partial charge in [0.05, 0.1) is 114 Å². The molecule has 3 aliphatic rings. The number of anilines is 9. The van der Waals surface area contributed by atoms with E-state index in [0.29, 0.717) is 123 Å². The number of ether oxygens (including phenoxy) is 7. The number of amides is 3. The van der Waals surface area contributed by atoms with Gasteiger partial charge in [0, 0.05) is 97.4 Å². The number of methoxy groups -OCH3 is 3. The molecule has 14 rings (SSSR count). The summed E-state index contributed by atoms with van der Waals surface area (Å²) in [5.74, 6) is 4.56. The van der Waals surface area contributed by atoms with Crippen LogP contribution >= 0.6 is 0 Å². The summed E-state index contributed by atoms with van der Waals surface area (Å²) in [6.07, 6.45) is 12.9. The first-order valence-electron chi connectivity index (χ1n) is 42.8. The van der Waals surface area contributed by atoms with Crippen LogP contribution in [0.15, 0.2) is 183 Å². The van der Waals surface area contributed by atoms with Gasteiger partial charge in [0.2, 0.25) is 0 Å². The Bertz CT molecular complexity index is 5870. The zero-order chi connectivity index (χ0) is 95.1. The quantitative estimate of drug-likeness (QED) is 0.0274. The molecule has 0 saturated carbocycles. The van der Waals surface area contributed by atoms with Crippen molar-refractivity contribution < 1.29 is 91.9 Å². The molecular formula is C100H114N12O19. The second-order valence-corrected chi connectivity index (χ2v) is 30.5. The predicted molar refractivity (Wildman–Crippen MR) is 501 cm³/mol. The van der Waals surface area contributed by atoms with Crippen molar-refractivity contribution in [1.29, 1.82) is 0 Å². The number of hydrogen-bond donors (Lipinski definition) is 4. The summed E-state index contributed by atoms with van der Waals surface area (Å²) in [6, 6.07) is 43.9. The van der Waals surface area contributed by atoms with E-state index < -0.39 is 11.9 Å². The third-order valence-electron chi connectivity index (χ3n) is 21.2. The molecule has 0 unspecified atom stereocenters. The van der Waals surface area contributed by atoms with E-state index in [1.807, 2.05) is 166 Å². The first-order valence-corrected chi connectivity index (χ1v) is 42.8. The normalized spacial score (nSPS) is 11.9. The maximum atomic E-state index is 13.3. The van der Waals surface area contributed by atoms with Gasteiger partial charge >= 0.3 is 29.8 Å². The molecule has 31 nitrogen and oxygen atoms in total. The summed E-state index contributed by atoms with van der Waals surface area (Å²) in [5.41, 5.74) is 15.3. The average Bonchev–Trinajstić information content (AvgIpc) is 1.64. The van der Waals surface area contributed by atoms with Crippen LogP contribution in [0.5, 0.6) is 28.7 Å². The molecule has 5 aromatic carbocycles. The van der Waals surface area contributed by atoms with E-state index in [2.05, 4.69) is 29.9 Å². The molecule has 4 N–H and O–H groups in total. The number of phenolic OH excluding ortho intramolecular Hbond substituents is 1. The van der Waals surface area contributed by atoms with Gasteiger partial charge in [-0.05, 0) is 233 Å². The van der Waals surface area contributed by atoms with Crippen molar-refractivity contribution in [2.75, 3.05) is 125 Å². The van der Waals surface area contributed by atoms with E-state index >= 15 is 0 Å². The molecular weight excluding hydrogens is 1670 g/mol. The van der Waals surface area contributed by atoms with E-state index in [1.54, 1.807) is 150 Å². The lowest BCUT2D eigenvalue weighted by molar-refractivity contribution is -0.143. The molecule has 3 amide bonds. The number of fused-ring (bicyclic) bond motifs is 6. The highest BCUT2D eigenvalue weighted by Gasteiger charge is 2.34. The highest BCUT2D eigenvalue weighted by atomic mass is 16.5. The van der Waals surface area contributed by atoms with Gasteiger partial charge in [0.1, 0.15) is 46.2 Å². The van der Waals surface area contributed by atoms with Crippen molar-refractivity contribution in [3.8, 4) is 28.7 Å². The van der Waals surface area contributed by atoms with E-state index in [0.717, 1.165) is 112 Å². The van der Waals surface area contributed by atoms with Crippen LogP contribution in [0.1, 0.15) is 138 Å². The summed E-state index contributed by atoms with van der Waals surface area (Å²) in [4.78, 5) is 132. The molecule has 0 radical (unpaired) electrons. The number of carbonyl (C=O) groups excluding carboxylic acids is 6. The maximum Gasteiger partial charge on any atom is 0.310 e. The number of nitrogens with zero attached hydrogens (tertiary/aromatic N) is 12. The lowest BCUT2D eigenvalue weighted by Crippen LogP contribution is -2.25. The van der Waals surface area contributed by atoms with Gasteiger partial charge in [-0.1, -0.05) is 60.7 Å². The summed E-state index contributed by atoms with van der Waals surface area (Å²) in [7, 11) is 9.86. The van der Waals surface area contributed by atoms with Crippen LogP contribution in [0, 0.1) is 34.6 Å². The predicted octanol–water partition coefficient (Wildman–Crippen LogP) is 15.0. The van der Waals surface area contributed by atoms with Gasteiger partial charge < -0.3 is 83.0 Å².